The average molecular weight is 255 g/mol. The molecule has 0 unspecified atom stereocenters. The highest BCUT2D eigenvalue weighted by molar-refractivity contribution is 6.17. The second kappa shape index (κ2) is 6.40. The molecule has 0 radical (unpaired) electrons. The lowest BCUT2D eigenvalue weighted by Crippen LogP contribution is -2.13. The standard InChI is InChI=1S/C13H15ClO3/c1-3-17-13(16)12-10(7-9(2)15)5-4-6-11(12)8-14/h4-6H,3,7-8H2,1-2H3. The first-order valence-electron chi connectivity index (χ1n) is 5.43. The van der Waals surface area contributed by atoms with Crippen LogP contribution in [0.3, 0.4) is 0 Å². The minimum Gasteiger partial charge on any atom is -0.462 e. The van der Waals surface area contributed by atoms with Crippen molar-refractivity contribution in [3.8, 4) is 0 Å². The lowest BCUT2D eigenvalue weighted by atomic mass is 9.98. The van der Waals surface area contributed by atoms with Crippen LogP contribution in [0.4, 0.5) is 0 Å². The Labute approximate surface area is 106 Å². The molecule has 0 fully saturated rings. The summed E-state index contributed by atoms with van der Waals surface area (Å²) in [4.78, 5) is 23.0. The number of alkyl halides is 1. The van der Waals surface area contributed by atoms with Crippen molar-refractivity contribution in [2.24, 2.45) is 0 Å². The molecule has 17 heavy (non-hydrogen) atoms. The van der Waals surface area contributed by atoms with Crippen LogP contribution in [0, 0.1) is 0 Å². The number of rotatable bonds is 5. The normalized spacial score (nSPS) is 10.1. The fourth-order valence-corrected chi connectivity index (χ4v) is 1.87. The third-order valence-electron chi connectivity index (χ3n) is 2.30. The number of carbonyl (C=O) groups excluding carboxylic acids is 2. The Hall–Kier alpha value is -1.35. The predicted octanol–water partition coefficient (Wildman–Crippen LogP) is 2.73. The van der Waals surface area contributed by atoms with Crippen LogP contribution in [0.5, 0.6) is 0 Å². The first-order valence-corrected chi connectivity index (χ1v) is 5.96. The highest BCUT2D eigenvalue weighted by Crippen LogP contribution is 2.19. The average Bonchev–Trinajstić information content (AvgIpc) is 2.28. The van der Waals surface area contributed by atoms with E-state index >= 15 is 0 Å². The molecule has 1 rings (SSSR count). The molecule has 4 heteroatoms. The van der Waals surface area contributed by atoms with E-state index in [0.717, 1.165) is 0 Å². The molecule has 92 valence electrons. The lowest BCUT2D eigenvalue weighted by molar-refractivity contribution is -0.116. The second-order valence-corrected chi connectivity index (χ2v) is 3.95. The molecule has 0 bridgehead atoms. The summed E-state index contributed by atoms with van der Waals surface area (Å²) in [7, 11) is 0. The number of carbonyl (C=O) groups is 2. The Balaban J connectivity index is 3.19. The van der Waals surface area contributed by atoms with Gasteiger partial charge in [-0.3, -0.25) is 4.79 Å². The molecule has 1 aromatic rings. The third-order valence-corrected chi connectivity index (χ3v) is 2.59. The molecular weight excluding hydrogens is 240 g/mol. The molecule has 0 atom stereocenters. The van der Waals surface area contributed by atoms with Gasteiger partial charge in [-0.2, -0.15) is 0 Å². The molecule has 3 nitrogen and oxygen atoms in total. The van der Waals surface area contributed by atoms with Gasteiger partial charge in [-0.05, 0) is 25.0 Å². The molecule has 0 spiro atoms. The molecular formula is C13H15ClO3. The van der Waals surface area contributed by atoms with Gasteiger partial charge in [0.25, 0.3) is 0 Å². The Morgan fingerprint density at radius 3 is 2.47 bits per heavy atom. The molecule has 0 aromatic heterocycles. The van der Waals surface area contributed by atoms with Gasteiger partial charge in [-0.1, -0.05) is 18.2 Å². The minimum atomic E-state index is -0.417. The molecule has 0 saturated carbocycles. The van der Waals surface area contributed by atoms with E-state index in [0.29, 0.717) is 23.3 Å². The number of halogens is 1. The quantitative estimate of drug-likeness (QED) is 0.599. The van der Waals surface area contributed by atoms with Crippen LogP contribution in [-0.2, 0) is 21.8 Å². The van der Waals surface area contributed by atoms with Crippen LogP contribution in [0.1, 0.15) is 35.3 Å². The topological polar surface area (TPSA) is 43.4 Å². The largest absolute Gasteiger partial charge is 0.462 e. The lowest BCUT2D eigenvalue weighted by Gasteiger charge is -2.11. The molecule has 0 aliphatic rings. The van der Waals surface area contributed by atoms with Crippen LogP contribution < -0.4 is 0 Å². The van der Waals surface area contributed by atoms with Crippen molar-refractivity contribution in [3.05, 3.63) is 34.9 Å². The minimum absolute atomic E-state index is 0.00210. The van der Waals surface area contributed by atoms with Crippen LogP contribution >= 0.6 is 11.6 Å². The molecule has 0 amide bonds. The predicted molar refractivity (Wildman–Crippen MR) is 66.3 cm³/mol. The summed E-state index contributed by atoms with van der Waals surface area (Å²) in [6.07, 6.45) is 0.221. The molecule has 1 aromatic carbocycles. The number of ketones is 1. The van der Waals surface area contributed by atoms with Crippen LogP contribution in [0.2, 0.25) is 0 Å². The maximum Gasteiger partial charge on any atom is 0.338 e. The van der Waals surface area contributed by atoms with Gasteiger partial charge in [0, 0.05) is 12.3 Å². The van der Waals surface area contributed by atoms with Crippen molar-refractivity contribution in [2.75, 3.05) is 6.61 Å². The van der Waals surface area contributed by atoms with Crippen molar-refractivity contribution < 1.29 is 14.3 Å². The molecule has 0 saturated heterocycles. The molecule has 0 N–H and O–H groups in total. The van der Waals surface area contributed by atoms with Gasteiger partial charge in [0.15, 0.2) is 0 Å². The monoisotopic (exact) mass is 254 g/mol. The van der Waals surface area contributed by atoms with E-state index in [-0.39, 0.29) is 18.1 Å². The van der Waals surface area contributed by atoms with Crippen LogP contribution in [-0.4, -0.2) is 18.4 Å². The Morgan fingerprint density at radius 2 is 1.94 bits per heavy atom. The van der Waals surface area contributed by atoms with E-state index in [1.165, 1.54) is 6.92 Å². The summed E-state index contributed by atoms with van der Waals surface area (Å²) in [5.74, 6) is -0.192. The highest BCUT2D eigenvalue weighted by atomic mass is 35.5. The zero-order chi connectivity index (χ0) is 12.8. The fourth-order valence-electron chi connectivity index (χ4n) is 1.65. The number of benzene rings is 1. The van der Waals surface area contributed by atoms with E-state index in [4.69, 9.17) is 16.3 Å². The molecule has 0 aliphatic carbocycles. The van der Waals surface area contributed by atoms with Crippen molar-refractivity contribution >= 4 is 23.4 Å². The number of hydrogen-bond donors (Lipinski definition) is 0. The maximum absolute atomic E-state index is 11.8. The van der Waals surface area contributed by atoms with Crippen LogP contribution in [0.15, 0.2) is 18.2 Å². The molecule has 0 heterocycles. The number of hydrogen-bond acceptors (Lipinski definition) is 3. The maximum atomic E-state index is 11.8. The van der Waals surface area contributed by atoms with Gasteiger partial charge in [0.05, 0.1) is 12.2 Å². The van der Waals surface area contributed by atoms with Crippen molar-refractivity contribution in [3.63, 3.8) is 0 Å². The van der Waals surface area contributed by atoms with Gasteiger partial charge in [-0.15, -0.1) is 11.6 Å². The summed E-state index contributed by atoms with van der Waals surface area (Å²) in [6.45, 7) is 3.53. The number of ether oxygens (including phenoxy) is 1. The zero-order valence-electron chi connectivity index (χ0n) is 9.96. The summed E-state index contributed by atoms with van der Waals surface area (Å²) in [5, 5.41) is 0. The van der Waals surface area contributed by atoms with Crippen molar-refractivity contribution in [1.29, 1.82) is 0 Å². The van der Waals surface area contributed by atoms with Gasteiger partial charge in [0.2, 0.25) is 0 Å². The van der Waals surface area contributed by atoms with E-state index in [2.05, 4.69) is 0 Å². The highest BCUT2D eigenvalue weighted by Gasteiger charge is 2.17. The summed E-state index contributed by atoms with van der Waals surface area (Å²) < 4.78 is 4.98. The second-order valence-electron chi connectivity index (χ2n) is 3.68. The first kappa shape index (κ1) is 13.7. The number of Topliss-reactive ketones (excluding diaryl/α,β-unsaturated/α-hetero) is 1. The van der Waals surface area contributed by atoms with Crippen molar-refractivity contribution in [2.45, 2.75) is 26.1 Å². The van der Waals surface area contributed by atoms with E-state index in [1.54, 1.807) is 25.1 Å². The Kier molecular flexibility index (Phi) is 5.16. The van der Waals surface area contributed by atoms with Crippen molar-refractivity contribution in [1.82, 2.24) is 0 Å². The van der Waals surface area contributed by atoms with E-state index < -0.39 is 5.97 Å². The smallest absolute Gasteiger partial charge is 0.338 e. The van der Waals surface area contributed by atoms with Gasteiger partial charge in [0.1, 0.15) is 5.78 Å². The molecule has 0 aliphatic heterocycles. The first-order chi connectivity index (χ1) is 8.10. The van der Waals surface area contributed by atoms with Gasteiger partial charge < -0.3 is 4.74 Å². The summed E-state index contributed by atoms with van der Waals surface area (Å²) >= 11 is 5.79. The summed E-state index contributed by atoms with van der Waals surface area (Å²) in [5.41, 5.74) is 1.80. The Morgan fingerprint density at radius 1 is 1.29 bits per heavy atom. The van der Waals surface area contributed by atoms with Gasteiger partial charge in [-0.25, -0.2) is 4.79 Å². The zero-order valence-corrected chi connectivity index (χ0v) is 10.7. The van der Waals surface area contributed by atoms with E-state index in [1.807, 2.05) is 0 Å². The van der Waals surface area contributed by atoms with Gasteiger partial charge >= 0.3 is 5.97 Å². The number of esters is 1. The van der Waals surface area contributed by atoms with Crippen LogP contribution in [0.25, 0.3) is 0 Å². The SMILES string of the molecule is CCOC(=O)c1c(CCl)cccc1CC(C)=O. The Bertz CT molecular complexity index is 427. The fraction of sp³-hybridized carbons (Fsp3) is 0.385. The summed E-state index contributed by atoms with van der Waals surface area (Å²) in [6, 6.07) is 5.31. The van der Waals surface area contributed by atoms with E-state index in [9.17, 15) is 9.59 Å². The third kappa shape index (κ3) is 3.56.